The summed E-state index contributed by atoms with van der Waals surface area (Å²) in [7, 11) is 0. The fourth-order valence-electron chi connectivity index (χ4n) is 2.29. The van der Waals surface area contributed by atoms with E-state index in [0.29, 0.717) is 24.5 Å². The molecule has 0 fully saturated rings. The minimum atomic E-state index is -0.225. The van der Waals surface area contributed by atoms with E-state index in [-0.39, 0.29) is 11.7 Å². The number of carbonyl (C=O) groups excluding carboxylic acids is 1. The van der Waals surface area contributed by atoms with Crippen LogP contribution in [0.15, 0.2) is 67.0 Å². The monoisotopic (exact) mass is 334 g/mol. The lowest BCUT2D eigenvalue weighted by Gasteiger charge is -2.08. The molecule has 0 aliphatic heterocycles. The van der Waals surface area contributed by atoms with Gasteiger partial charge in [0, 0.05) is 24.6 Å². The zero-order valence-corrected chi connectivity index (χ0v) is 13.5. The number of hydrogen-bond acceptors (Lipinski definition) is 5. The Labute approximate surface area is 145 Å². The molecule has 6 heteroatoms. The average Bonchev–Trinajstić information content (AvgIpc) is 2.64. The van der Waals surface area contributed by atoms with Gasteiger partial charge in [-0.3, -0.25) is 9.78 Å². The number of pyridine rings is 2. The Morgan fingerprint density at radius 3 is 2.52 bits per heavy atom. The molecule has 126 valence electrons. The van der Waals surface area contributed by atoms with Crippen molar-refractivity contribution in [3.63, 3.8) is 0 Å². The molecule has 0 aliphatic rings. The van der Waals surface area contributed by atoms with Gasteiger partial charge >= 0.3 is 0 Å². The van der Waals surface area contributed by atoms with Crippen molar-refractivity contribution in [1.29, 1.82) is 0 Å². The summed E-state index contributed by atoms with van der Waals surface area (Å²) in [4.78, 5) is 20.5. The van der Waals surface area contributed by atoms with Crippen LogP contribution in [0.1, 0.15) is 16.1 Å². The number of hydrogen-bond donors (Lipinski definition) is 3. The molecule has 0 bridgehead atoms. The molecule has 0 saturated heterocycles. The van der Waals surface area contributed by atoms with Gasteiger partial charge in [0.05, 0.1) is 0 Å². The minimum Gasteiger partial charge on any atom is -0.508 e. The highest BCUT2D eigenvalue weighted by Gasteiger charge is 2.07. The lowest BCUT2D eigenvalue weighted by atomic mass is 10.1. The summed E-state index contributed by atoms with van der Waals surface area (Å²) in [5.41, 5.74) is 2.25. The number of aromatic hydroxyl groups is 1. The molecule has 1 aromatic carbocycles. The molecule has 0 atom stereocenters. The molecule has 0 saturated carbocycles. The molecule has 6 nitrogen and oxygen atoms in total. The van der Waals surface area contributed by atoms with Crippen molar-refractivity contribution in [3.05, 3.63) is 78.2 Å². The first-order valence-electron chi connectivity index (χ1n) is 7.91. The summed E-state index contributed by atoms with van der Waals surface area (Å²) in [5, 5.41) is 15.2. The van der Waals surface area contributed by atoms with Gasteiger partial charge in [-0.05, 0) is 48.4 Å². The van der Waals surface area contributed by atoms with Crippen LogP contribution in [0.5, 0.6) is 5.75 Å². The molecule has 2 aromatic heterocycles. The van der Waals surface area contributed by atoms with E-state index in [0.717, 1.165) is 11.3 Å². The van der Waals surface area contributed by atoms with Crippen LogP contribution in [0.3, 0.4) is 0 Å². The fourth-order valence-corrected chi connectivity index (χ4v) is 2.29. The van der Waals surface area contributed by atoms with Gasteiger partial charge in [-0.15, -0.1) is 0 Å². The number of benzene rings is 1. The largest absolute Gasteiger partial charge is 0.508 e. The maximum atomic E-state index is 12.2. The minimum absolute atomic E-state index is 0.225. The maximum Gasteiger partial charge on any atom is 0.269 e. The predicted octanol–water partition coefficient (Wildman–Crippen LogP) is 2.90. The molecular formula is C19H18N4O2. The molecule has 3 rings (SSSR count). The third-order valence-corrected chi connectivity index (χ3v) is 3.57. The number of carbonyl (C=O) groups is 1. The molecule has 0 spiro atoms. The third-order valence-electron chi connectivity index (χ3n) is 3.57. The number of aromatic nitrogens is 2. The van der Waals surface area contributed by atoms with Crippen LogP contribution >= 0.6 is 0 Å². The molecule has 3 N–H and O–H groups in total. The molecule has 0 unspecified atom stereocenters. The van der Waals surface area contributed by atoms with Gasteiger partial charge in [0.1, 0.15) is 17.3 Å². The predicted molar refractivity (Wildman–Crippen MR) is 95.9 cm³/mol. The Balaban J connectivity index is 1.56. The van der Waals surface area contributed by atoms with Crippen LogP contribution in [-0.2, 0) is 6.42 Å². The van der Waals surface area contributed by atoms with E-state index >= 15 is 0 Å². The first kappa shape index (κ1) is 16.4. The number of phenolic OH excluding ortho intramolecular Hbond substituents is 1. The topological polar surface area (TPSA) is 87.1 Å². The van der Waals surface area contributed by atoms with Gasteiger partial charge < -0.3 is 15.7 Å². The number of nitrogens with one attached hydrogen (secondary N) is 2. The average molecular weight is 334 g/mol. The summed E-state index contributed by atoms with van der Waals surface area (Å²) in [6.45, 7) is 0.493. The van der Waals surface area contributed by atoms with Crippen molar-refractivity contribution < 1.29 is 9.90 Å². The molecule has 0 radical (unpaired) electrons. The standard InChI is InChI=1S/C19H18N4O2/c24-16-6-4-14(5-7-16)8-13-21-19(25)17-2-1-3-18(23-17)22-15-9-11-20-12-10-15/h1-7,9-12,24H,8,13H2,(H,21,25)(H,20,22,23). The van der Waals surface area contributed by atoms with E-state index in [2.05, 4.69) is 20.6 Å². The van der Waals surface area contributed by atoms with Gasteiger partial charge in [0.25, 0.3) is 5.91 Å². The van der Waals surface area contributed by atoms with Crippen LogP contribution < -0.4 is 10.6 Å². The molecule has 25 heavy (non-hydrogen) atoms. The second-order valence-electron chi connectivity index (χ2n) is 5.44. The van der Waals surface area contributed by atoms with E-state index in [1.807, 2.05) is 24.3 Å². The molecule has 0 aliphatic carbocycles. The molecule has 2 heterocycles. The van der Waals surface area contributed by atoms with Crippen molar-refractivity contribution >= 4 is 17.4 Å². The first-order valence-corrected chi connectivity index (χ1v) is 7.91. The zero-order chi connectivity index (χ0) is 17.5. The van der Waals surface area contributed by atoms with Crippen molar-refractivity contribution in [3.8, 4) is 5.75 Å². The van der Waals surface area contributed by atoms with Crippen molar-refractivity contribution in [2.45, 2.75) is 6.42 Å². The van der Waals surface area contributed by atoms with Crippen LogP contribution in [-0.4, -0.2) is 27.5 Å². The van der Waals surface area contributed by atoms with Crippen LogP contribution in [0.25, 0.3) is 0 Å². The SMILES string of the molecule is O=C(NCCc1ccc(O)cc1)c1cccc(Nc2ccncc2)n1. The quantitative estimate of drug-likeness (QED) is 0.645. The van der Waals surface area contributed by atoms with Crippen LogP contribution in [0.2, 0.25) is 0 Å². The van der Waals surface area contributed by atoms with Crippen molar-refractivity contribution in [1.82, 2.24) is 15.3 Å². The molecular weight excluding hydrogens is 316 g/mol. The third kappa shape index (κ3) is 4.78. The summed E-state index contributed by atoms with van der Waals surface area (Å²) in [6.07, 6.45) is 4.05. The number of anilines is 2. The van der Waals surface area contributed by atoms with Gasteiger partial charge in [0.15, 0.2) is 0 Å². The summed E-state index contributed by atoms with van der Waals surface area (Å²) in [6, 6.07) is 15.8. The number of rotatable bonds is 6. The van der Waals surface area contributed by atoms with Gasteiger partial charge in [-0.25, -0.2) is 4.98 Å². The Morgan fingerprint density at radius 1 is 1.00 bits per heavy atom. The normalized spacial score (nSPS) is 10.2. The van der Waals surface area contributed by atoms with E-state index < -0.39 is 0 Å². The van der Waals surface area contributed by atoms with Gasteiger partial charge in [-0.2, -0.15) is 0 Å². The number of nitrogens with zero attached hydrogens (tertiary/aromatic N) is 2. The molecule has 3 aromatic rings. The smallest absolute Gasteiger partial charge is 0.269 e. The van der Waals surface area contributed by atoms with Crippen LogP contribution in [0, 0.1) is 0 Å². The maximum absolute atomic E-state index is 12.2. The zero-order valence-electron chi connectivity index (χ0n) is 13.5. The lowest BCUT2D eigenvalue weighted by molar-refractivity contribution is 0.0949. The van der Waals surface area contributed by atoms with E-state index in [4.69, 9.17) is 0 Å². The Morgan fingerprint density at radius 2 is 1.76 bits per heavy atom. The van der Waals surface area contributed by atoms with E-state index in [1.54, 1.807) is 42.7 Å². The van der Waals surface area contributed by atoms with Crippen LogP contribution in [0.4, 0.5) is 11.5 Å². The van der Waals surface area contributed by atoms with Gasteiger partial charge in [0.2, 0.25) is 0 Å². The second-order valence-corrected chi connectivity index (χ2v) is 5.44. The Kier molecular flexibility index (Phi) is 5.21. The summed E-state index contributed by atoms with van der Waals surface area (Å²) in [5.74, 6) is 0.602. The fraction of sp³-hybridized carbons (Fsp3) is 0.105. The summed E-state index contributed by atoms with van der Waals surface area (Å²) >= 11 is 0. The Bertz CT molecular complexity index is 836. The van der Waals surface area contributed by atoms with E-state index in [1.165, 1.54) is 0 Å². The number of amides is 1. The second kappa shape index (κ2) is 7.92. The van der Waals surface area contributed by atoms with Gasteiger partial charge in [-0.1, -0.05) is 18.2 Å². The highest BCUT2D eigenvalue weighted by molar-refractivity contribution is 5.92. The highest BCUT2D eigenvalue weighted by atomic mass is 16.3. The van der Waals surface area contributed by atoms with Crippen molar-refractivity contribution in [2.24, 2.45) is 0 Å². The molecule has 1 amide bonds. The first-order chi connectivity index (χ1) is 12.2. The van der Waals surface area contributed by atoms with Crippen molar-refractivity contribution in [2.75, 3.05) is 11.9 Å². The highest BCUT2D eigenvalue weighted by Crippen LogP contribution is 2.13. The number of phenols is 1. The summed E-state index contributed by atoms with van der Waals surface area (Å²) < 4.78 is 0. The lowest BCUT2D eigenvalue weighted by Crippen LogP contribution is -2.26. The van der Waals surface area contributed by atoms with E-state index in [9.17, 15) is 9.90 Å². The Hall–Kier alpha value is -3.41.